The molecule has 3 nitrogen and oxygen atoms in total. The Morgan fingerprint density at radius 1 is 1.47 bits per heavy atom. The van der Waals surface area contributed by atoms with Gasteiger partial charge in [0.15, 0.2) is 0 Å². The maximum absolute atomic E-state index is 14.2. The van der Waals surface area contributed by atoms with E-state index in [1.54, 1.807) is 4.68 Å². The fraction of sp³-hybridized carbons (Fsp3) is 0.750. The Kier molecular flexibility index (Phi) is 5.13. The third kappa shape index (κ3) is 3.28. The summed E-state index contributed by atoms with van der Waals surface area (Å²) in [5.74, 6) is 0.153. The fourth-order valence-corrected chi connectivity index (χ4v) is 2.57. The number of rotatable bonds is 5. The molecule has 0 aromatic carbocycles. The Hall–Kier alpha value is -0.420. The van der Waals surface area contributed by atoms with E-state index >= 15 is 0 Å². The number of alkyl halides is 1. The highest BCUT2D eigenvalue weighted by Gasteiger charge is 2.25. The predicted molar refractivity (Wildman–Crippen MR) is 71.6 cm³/mol. The molecule has 0 aliphatic rings. The minimum Gasteiger partial charge on any atom is -0.330 e. The molecule has 1 rings (SSSR count). The van der Waals surface area contributed by atoms with Crippen LogP contribution in [0, 0.1) is 18.8 Å². The van der Waals surface area contributed by atoms with Gasteiger partial charge >= 0.3 is 0 Å². The smallest absolute Gasteiger partial charge is 0.110 e. The topological polar surface area (TPSA) is 43.8 Å². The van der Waals surface area contributed by atoms with E-state index in [0.717, 1.165) is 15.9 Å². The predicted octanol–water partition coefficient (Wildman–Crippen LogP) is 2.60. The van der Waals surface area contributed by atoms with Crippen LogP contribution in [0.15, 0.2) is 4.47 Å². The summed E-state index contributed by atoms with van der Waals surface area (Å²) in [6.45, 7) is 6.30. The molecule has 2 atom stereocenters. The first kappa shape index (κ1) is 14.6. The Bertz CT molecular complexity index is 376. The van der Waals surface area contributed by atoms with Gasteiger partial charge in [0.1, 0.15) is 6.17 Å². The van der Waals surface area contributed by atoms with Crippen molar-refractivity contribution in [1.29, 1.82) is 0 Å². The highest BCUT2D eigenvalue weighted by molar-refractivity contribution is 9.10. The molecule has 1 heterocycles. The minimum absolute atomic E-state index is 0.0999. The molecule has 2 unspecified atom stereocenters. The van der Waals surface area contributed by atoms with Gasteiger partial charge in [-0.1, -0.05) is 13.8 Å². The normalized spacial score (nSPS) is 15.3. The van der Waals surface area contributed by atoms with Gasteiger partial charge in [-0.2, -0.15) is 5.10 Å². The summed E-state index contributed by atoms with van der Waals surface area (Å²) in [7, 11) is 1.84. The van der Waals surface area contributed by atoms with Crippen LogP contribution in [0.1, 0.15) is 25.2 Å². The van der Waals surface area contributed by atoms with Gasteiger partial charge in [0.05, 0.1) is 15.9 Å². The van der Waals surface area contributed by atoms with Crippen molar-refractivity contribution in [2.45, 2.75) is 33.4 Å². The molecule has 0 aliphatic heterocycles. The highest BCUT2D eigenvalue weighted by atomic mass is 79.9. The Morgan fingerprint density at radius 2 is 2.06 bits per heavy atom. The first-order chi connectivity index (χ1) is 7.88. The average Bonchev–Trinajstić information content (AvgIpc) is 2.45. The van der Waals surface area contributed by atoms with Crippen LogP contribution in [0.25, 0.3) is 0 Å². The lowest BCUT2D eigenvalue weighted by atomic mass is 9.89. The van der Waals surface area contributed by atoms with Crippen LogP contribution in [0.2, 0.25) is 0 Å². The van der Waals surface area contributed by atoms with Gasteiger partial charge in [-0.05, 0) is 35.3 Å². The van der Waals surface area contributed by atoms with Gasteiger partial charge in [0.25, 0.3) is 0 Å². The summed E-state index contributed by atoms with van der Waals surface area (Å²) in [5.41, 5.74) is 7.42. The number of halogens is 2. The Morgan fingerprint density at radius 3 is 2.41 bits per heavy atom. The lowest BCUT2D eigenvalue weighted by molar-refractivity contribution is 0.183. The molecule has 5 heteroatoms. The van der Waals surface area contributed by atoms with Gasteiger partial charge in [-0.3, -0.25) is 4.68 Å². The summed E-state index contributed by atoms with van der Waals surface area (Å²) in [5, 5.41) is 4.27. The molecule has 0 saturated heterocycles. The van der Waals surface area contributed by atoms with Crippen LogP contribution >= 0.6 is 15.9 Å². The van der Waals surface area contributed by atoms with Crippen LogP contribution in [-0.4, -0.2) is 22.5 Å². The van der Waals surface area contributed by atoms with E-state index in [1.165, 1.54) is 0 Å². The molecule has 0 bridgehead atoms. The van der Waals surface area contributed by atoms with Crippen molar-refractivity contribution in [3.63, 3.8) is 0 Å². The standard InChI is InChI=1S/C12H21BrFN3/c1-7(2)9(6-15)10(14)5-11-12(13)8(3)16-17(11)4/h7,9-10H,5-6,15H2,1-4H3. The SMILES string of the molecule is Cc1nn(C)c(CC(F)C(CN)C(C)C)c1Br. The largest absolute Gasteiger partial charge is 0.330 e. The molecule has 0 amide bonds. The first-order valence-electron chi connectivity index (χ1n) is 5.90. The maximum Gasteiger partial charge on any atom is 0.110 e. The number of hydrogen-bond acceptors (Lipinski definition) is 2. The van der Waals surface area contributed by atoms with Crippen molar-refractivity contribution >= 4 is 15.9 Å². The molecule has 1 aromatic rings. The van der Waals surface area contributed by atoms with Gasteiger partial charge in [0, 0.05) is 19.4 Å². The second-order valence-corrected chi connectivity index (χ2v) is 5.63. The number of hydrogen-bond donors (Lipinski definition) is 1. The monoisotopic (exact) mass is 305 g/mol. The lowest BCUT2D eigenvalue weighted by Crippen LogP contribution is -2.31. The van der Waals surface area contributed by atoms with E-state index in [-0.39, 0.29) is 11.8 Å². The van der Waals surface area contributed by atoms with E-state index < -0.39 is 6.17 Å². The molecule has 0 spiro atoms. The van der Waals surface area contributed by atoms with Crippen LogP contribution in [0.3, 0.4) is 0 Å². The van der Waals surface area contributed by atoms with Crippen LogP contribution < -0.4 is 5.73 Å². The van der Waals surface area contributed by atoms with Crippen LogP contribution in [0.4, 0.5) is 4.39 Å². The van der Waals surface area contributed by atoms with Gasteiger partial charge < -0.3 is 5.73 Å². The molecule has 0 fully saturated rings. The number of aryl methyl sites for hydroxylation is 2. The van der Waals surface area contributed by atoms with Gasteiger partial charge in [0.2, 0.25) is 0 Å². The first-order valence-corrected chi connectivity index (χ1v) is 6.69. The van der Waals surface area contributed by atoms with Gasteiger partial charge in [-0.25, -0.2) is 4.39 Å². The van der Waals surface area contributed by atoms with Crippen molar-refractivity contribution in [1.82, 2.24) is 9.78 Å². The lowest BCUT2D eigenvalue weighted by Gasteiger charge is -2.23. The molecule has 0 saturated carbocycles. The van der Waals surface area contributed by atoms with Crippen molar-refractivity contribution < 1.29 is 4.39 Å². The number of aromatic nitrogens is 2. The highest BCUT2D eigenvalue weighted by Crippen LogP contribution is 2.26. The Balaban J connectivity index is 2.83. The van der Waals surface area contributed by atoms with Crippen molar-refractivity contribution in [3.05, 3.63) is 15.9 Å². The Labute approximate surface area is 111 Å². The molecule has 0 aliphatic carbocycles. The van der Waals surface area contributed by atoms with E-state index in [9.17, 15) is 4.39 Å². The summed E-state index contributed by atoms with van der Waals surface area (Å²) in [4.78, 5) is 0. The van der Waals surface area contributed by atoms with E-state index in [0.29, 0.717) is 13.0 Å². The molecule has 98 valence electrons. The van der Waals surface area contributed by atoms with Gasteiger partial charge in [-0.15, -0.1) is 0 Å². The van der Waals surface area contributed by atoms with Crippen molar-refractivity contribution in [3.8, 4) is 0 Å². The number of nitrogens with zero attached hydrogens (tertiary/aromatic N) is 2. The minimum atomic E-state index is -0.925. The zero-order chi connectivity index (χ0) is 13.2. The second kappa shape index (κ2) is 5.96. The molecule has 0 radical (unpaired) electrons. The summed E-state index contributed by atoms with van der Waals surface area (Å²) >= 11 is 3.46. The van der Waals surface area contributed by atoms with E-state index in [2.05, 4.69) is 21.0 Å². The second-order valence-electron chi connectivity index (χ2n) is 4.83. The molecule has 1 aromatic heterocycles. The quantitative estimate of drug-likeness (QED) is 0.909. The average molecular weight is 306 g/mol. The van der Waals surface area contributed by atoms with Crippen LogP contribution in [0.5, 0.6) is 0 Å². The maximum atomic E-state index is 14.2. The summed E-state index contributed by atoms with van der Waals surface area (Å²) < 4.78 is 16.9. The summed E-state index contributed by atoms with van der Waals surface area (Å²) in [6.07, 6.45) is -0.566. The molecule has 17 heavy (non-hydrogen) atoms. The zero-order valence-corrected chi connectivity index (χ0v) is 12.5. The van der Waals surface area contributed by atoms with E-state index in [1.807, 2.05) is 27.8 Å². The number of nitrogens with two attached hydrogens (primary N) is 1. The third-order valence-corrected chi connectivity index (χ3v) is 4.27. The summed E-state index contributed by atoms with van der Waals surface area (Å²) in [6, 6.07) is 0. The molecular weight excluding hydrogens is 285 g/mol. The fourth-order valence-electron chi connectivity index (χ4n) is 2.08. The zero-order valence-electron chi connectivity index (χ0n) is 10.9. The van der Waals surface area contributed by atoms with E-state index in [4.69, 9.17) is 5.73 Å². The molecule has 2 N–H and O–H groups in total. The molecular formula is C12H21BrFN3. The van der Waals surface area contributed by atoms with Crippen molar-refractivity contribution in [2.75, 3.05) is 6.54 Å². The van der Waals surface area contributed by atoms with Crippen molar-refractivity contribution in [2.24, 2.45) is 24.6 Å². The third-order valence-electron chi connectivity index (χ3n) is 3.24. The van der Waals surface area contributed by atoms with Crippen LogP contribution in [-0.2, 0) is 13.5 Å².